The maximum absolute atomic E-state index is 3.26. The number of benzene rings is 1. The van der Waals surface area contributed by atoms with Crippen LogP contribution in [0.5, 0.6) is 0 Å². The molecule has 3 nitrogen and oxygen atoms in total. The van der Waals surface area contributed by atoms with Crippen LogP contribution in [0.15, 0.2) is 24.3 Å². The molecule has 1 aromatic carbocycles. The van der Waals surface area contributed by atoms with Crippen LogP contribution in [-0.2, 0) is 13.1 Å². The Morgan fingerprint density at radius 3 is 2.00 bits per heavy atom. The average Bonchev–Trinajstić information content (AvgIpc) is 2.52. The van der Waals surface area contributed by atoms with E-state index in [4.69, 9.17) is 0 Å². The standard InChI is InChI=1S/C18H33N3/c1-5-20(6-2)13-10-14-21(7-3)16-18-12-9-8-11-17(18)15-19-4/h8-9,11-12,19H,5-7,10,13-16H2,1-4H3. The van der Waals surface area contributed by atoms with Crippen LogP contribution < -0.4 is 5.32 Å². The molecule has 21 heavy (non-hydrogen) atoms. The molecule has 0 bridgehead atoms. The summed E-state index contributed by atoms with van der Waals surface area (Å²) in [4.78, 5) is 5.06. The third kappa shape index (κ3) is 6.60. The SMILES string of the molecule is CCN(CC)CCCN(CC)Cc1ccccc1CNC. The Kier molecular flexibility index (Phi) is 9.31. The van der Waals surface area contributed by atoms with Crippen LogP contribution in [0, 0.1) is 0 Å². The van der Waals surface area contributed by atoms with Crippen molar-refractivity contribution in [2.24, 2.45) is 0 Å². The number of hydrogen-bond acceptors (Lipinski definition) is 3. The lowest BCUT2D eigenvalue weighted by Crippen LogP contribution is -2.30. The molecule has 0 unspecified atom stereocenters. The Morgan fingerprint density at radius 2 is 1.43 bits per heavy atom. The molecule has 0 radical (unpaired) electrons. The second kappa shape index (κ2) is 10.8. The number of rotatable bonds is 11. The quantitative estimate of drug-likeness (QED) is 0.676. The maximum Gasteiger partial charge on any atom is 0.0236 e. The van der Waals surface area contributed by atoms with Gasteiger partial charge in [0.05, 0.1) is 0 Å². The van der Waals surface area contributed by atoms with E-state index >= 15 is 0 Å². The van der Waals surface area contributed by atoms with Gasteiger partial charge >= 0.3 is 0 Å². The zero-order chi connectivity index (χ0) is 15.5. The summed E-state index contributed by atoms with van der Waals surface area (Å²) in [6, 6.07) is 8.78. The molecule has 1 rings (SSSR count). The Bertz CT molecular complexity index is 374. The highest BCUT2D eigenvalue weighted by molar-refractivity contribution is 5.26. The van der Waals surface area contributed by atoms with Gasteiger partial charge in [-0.05, 0) is 57.3 Å². The lowest BCUT2D eigenvalue weighted by Gasteiger charge is -2.24. The van der Waals surface area contributed by atoms with Gasteiger partial charge in [-0.1, -0.05) is 45.0 Å². The average molecular weight is 291 g/mol. The minimum Gasteiger partial charge on any atom is -0.316 e. The van der Waals surface area contributed by atoms with E-state index in [0.717, 1.165) is 32.7 Å². The molecule has 120 valence electrons. The molecule has 1 N–H and O–H groups in total. The Morgan fingerprint density at radius 1 is 0.857 bits per heavy atom. The summed E-state index contributed by atoms with van der Waals surface area (Å²) >= 11 is 0. The van der Waals surface area contributed by atoms with Crippen LogP contribution in [0.3, 0.4) is 0 Å². The Hall–Kier alpha value is -0.900. The second-order valence-electron chi connectivity index (χ2n) is 5.55. The van der Waals surface area contributed by atoms with Gasteiger partial charge < -0.3 is 10.2 Å². The highest BCUT2D eigenvalue weighted by Crippen LogP contribution is 2.12. The van der Waals surface area contributed by atoms with Crippen molar-refractivity contribution in [2.45, 2.75) is 40.3 Å². The fourth-order valence-corrected chi connectivity index (χ4v) is 2.72. The normalized spacial score (nSPS) is 11.5. The molecule has 0 aliphatic carbocycles. The maximum atomic E-state index is 3.26. The Balaban J connectivity index is 2.50. The summed E-state index contributed by atoms with van der Waals surface area (Å²) in [5, 5.41) is 3.26. The van der Waals surface area contributed by atoms with Crippen molar-refractivity contribution in [1.82, 2.24) is 15.1 Å². The summed E-state index contributed by atoms with van der Waals surface area (Å²) in [6.45, 7) is 14.6. The van der Waals surface area contributed by atoms with E-state index < -0.39 is 0 Å². The first-order chi connectivity index (χ1) is 10.2. The summed E-state index contributed by atoms with van der Waals surface area (Å²) in [6.07, 6.45) is 1.25. The zero-order valence-electron chi connectivity index (χ0n) is 14.4. The van der Waals surface area contributed by atoms with E-state index in [1.165, 1.54) is 30.6 Å². The van der Waals surface area contributed by atoms with Crippen LogP contribution in [0.4, 0.5) is 0 Å². The summed E-state index contributed by atoms with van der Waals surface area (Å²) in [5.41, 5.74) is 2.87. The monoisotopic (exact) mass is 291 g/mol. The van der Waals surface area contributed by atoms with Gasteiger partial charge in [0.1, 0.15) is 0 Å². The van der Waals surface area contributed by atoms with E-state index in [0.29, 0.717) is 0 Å². The van der Waals surface area contributed by atoms with Crippen molar-refractivity contribution in [1.29, 1.82) is 0 Å². The number of nitrogens with one attached hydrogen (secondary N) is 1. The molecular weight excluding hydrogens is 258 g/mol. The van der Waals surface area contributed by atoms with Crippen molar-refractivity contribution in [3.05, 3.63) is 35.4 Å². The molecule has 0 fully saturated rings. The van der Waals surface area contributed by atoms with Crippen LogP contribution in [-0.4, -0.2) is 49.6 Å². The molecule has 0 aromatic heterocycles. The minimum atomic E-state index is 0.952. The largest absolute Gasteiger partial charge is 0.316 e. The summed E-state index contributed by atoms with van der Waals surface area (Å²) in [7, 11) is 2.01. The molecule has 0 spiro atoms. The van der Waals surface area contributed by atoms with Gasteiger partial charge in [-0.2, -0.15) is 0 Å². The Labute approximate surface area is 131 Å². The van der Waals surface area contributed by atoms with Crippen molar-refractivity contribution < 1.29 is 0 Å². The molecule has 0 atom stereocenters. The smallest absolute Gasteiger partial charge is 0.0236 e. The van der Waals surface area contributed by atoms with E-state index in [2.05, 4.69) is 60.2 Å². The predicted octanol–water partition coefficient (Wildman–Crippen LogP) is 2.96. The fraction of sp³-hybridized carbons (Fsp3) is 0.667. The van der Waals surface area contributed by atoms with Crippen LogP contribution in [0.1, 0.15) is 38.3 Å². The summed E-state index contributed by atoms with van der Waals surface area (Å²) in [5.74, 6) is 0. The molecule has 0 aliphatic heterocycles. The van der Waals surface area contributed by atoms with E-state index in [1.54, 1.807) is 0 Å². The fourth-order valence-electron chi connectivity index (χ4n) is 2.72. The lowest BCUT2D eigenvalue weighted by molar-refractivity contribution is 0.238. The van der Waals surface area contributed by atoms with Gasteiger partial charge in [-0.25, -0.2) is 0 Å². The van der Waals surface area contributed by atoms with Gasteiger partial charge in [0.25, 0.3) is 0 Å². The van der Waals surface area contributed by atoms with Crippen molar-refractivity contribution in [3.8, 4) is 0 Å². The first kappa shape index (κ1) is 18.1. The number of nitrogens with zero attached hydrogens (tertiary/aromatic N) is 2. The molecule has 0 saturated heterocycles. The molecule has 0 aliphatic rings. The first-order valence-corrected chi connectivity index (χ1v) is 8.41. The van der Waals surface area contributed by atoms with Crippen LogP contribution >= 0.6 is 0 Å². The van der Waals surface area contributed by atoms with Gasteiger partial charge in [-0.15, -0.1) is 0 Å². The molecular formula is C18H33N3. The van der Waals surface area contributed by atoms with Crippen molar-refractivity contribution >= 4 is 0 Å². The van der Waals surface area contributed by atoms with Crippen molar-refractivity contribution in [3.63, 3.8) is 0 Å². The van der Waals surface area contributed by atoms with Crippen LogP contribution in [0.2, 0.25) is 0 Å². The molecule has 0 amide bonds. The molecule has 0 saturated carbocycles. The van der Waals surface area contributed by atoms with Gasteiger partial charge in [0, 0.05) is 13.1 Å². The minimum absolute atomic E-state index is 0.952. The topological polar surface area (TPSA) is 18.5 Å². The predicted molar refractivity (Wildman–Crippen MR) is 92.6 cm³/mol. The summed E-state index contributed by atoms with van der Waals surface area (Å²) < 4.78 is 0. The van der Waals surface area contributed by atoms with Crippen molar-refractivity contribution in [2.75, 3.05) is 39.8 Å². The molecule has 3 heteroatoms. The van der Waals surface area contributed by atoms with E-state index in [-0.39, 0.29) is 0 Å². The number of hydrogen-bond donors (Lipinski definition) is 1. The highest BCUT2D eigenvalue weighted by atomic mass is 15.1. The first-order valence-electron chi connectivity index (χ1n) is 8.41. The van der Waals surface area contributed by atoms with Gasteiger partial charge in [0.2, 0.25) is 0 Å². The van der Waals surface area contributed by atoms with Gasteiger partial charge in [-0.3, -0.25) is 4.90 Å². The molecule has 1 aromatic rings. The van der Waals surface area contributed by atoms with E-state index in [1.807, 2.05) is 7.05 Å². The third-order valence-electron chi connectivity index (χ3n) is 4.17. The third-order valence-corrected chi connectivity index (χ3v) is 4.17. The highest BCUT2D eigenvalue weighted by Gasteiger charge is 2.08. The lowest BCUT2D eigenvalue weighted by atomic mass is 10.1. The molecule has 0 heterocycles. The van der Waals surface area contributed by atoms with Gasteiger partial charge in [0.15, 0.2) is 0 Å². The van der Waals surface area contributed by atoms with Crippen LogP contribution in [0.25, 0.3) is 0 Å². The zero-order valence-corrected chi connectivity index (χ0v) is 14.4. The second-order valence-corrected chi connectivity index (χ2v) is 5.55. The van der Waals surface area contributed by atoms with E-state index in [9.17, 15) is 0 Å².